The number of hydrogen-bond donors (Lipinski definition) is 1. The minimum Gasteiger partial charge on any atom is -0.350 e. The van der Waals surface area contributed by atoms with E-state index in [0.29, 0.717) is 12.2 Å². The van der Waals surface area contributed by atoms with E-state index in [9.17, 15) is 14.0 Å². The van der Waals surface area contributed by atoms with Crippen LogP contribution in [0.3, 0.4) is 0 Å². The number of nitrogens with one attached hydrogen (secondary N) is 1. The molecule has 27 heavy (non-hydrogen) atoms. The van der Waals surface area contributed by atoms with Crippen LogP contribution < -0.4 is 10.2 Å². The summed E-state index contributed by atoms with van der Waals surface area (Å²) in [5, 5.41) is 6.52. The van der Waals surface area contributed by atoms with Crippen LogP contribution >= 0.6 is 0 Å². The van der Waals surface area contributed by atoms with Crippen molar-refractivity contribution in [2.45, 2.75) is 13.3 Å². The molecule has 136 valence electrons. The molecule has 0 spiro atoms. The van der Waals surface area contributed by atoms with Crippen molar-refractivity contribution >= 4 is 23.2 Å². The van der Waals surface area contributed by atoms with Gasteiger partial charge in [-0.25, -0.2) is 4.39 Å². The zero-order chi connectivity index (χ0) is 19.0. The van der Waals surface area contributed by atoms with Gasteiger partial charge in [-0.2, -0.15) is 0 Å². The van der Waals surface area contributed by atoms with Crippen LogP contribution in [0.2, 0.25) is 0 Å². The van der Waals surface area contributed by atoms with Crippen molar-refractivity contribution in [3.8, 4) is 11.3 Å². The predicted octanol–water partition coefficient (Wildman–Crippen LogP) is 3.64. The van der Waals surface area contributed by atoms with E-state index < -0.39 is 11.7 Å². The van der Waals surface area contributed by atoms with Gasteiger partial charge in [-0.1, -0.05) is 17.3 Å². The molecule has 0 saturated carbocycles. The maximum atomic E-state index is 13.8. The van der Waals surface area contributed by atoms with Crippen LogP contribution in [0, 0.1) is 5.82 Å². The van der Waals surface area contributed by atoms with Crippen molar-refractivity contribution in [3.63, 3.8) is 0 Å². The Morgan fingerprint density at radius 2 is 2.00 bits per heavy atom. The molecule has 2 heterocycles. The van der Waals surface area contributed by atoms with Gasteiger partial charge in [0.1, 0.15) is 11.5 Å². The minimum absolute atomic E-state index is 0.00660. The third-order valence-electron chi connectivity index (χ3n) is 4.50. The van der Waals surface area contributed by atoms with Gasteiger partial charge >= 0.3 is 0 Å². The maximum Gasteiger partial charge on any atom is 0.294 e. The second kappa shape index (κ2) is 6.68. The quantitative estimate of drug-likeness (QED) is 0.769. The van der Waals surface area contributed by atoms with Crippen LogP contribution in [0.1, 0.15) is 23.0 Å². The van der Waals surface area contributed by atoms with Gasteiger partial charge in [0.25, 0.3) is 5.91 Å². The van der Waals surface area contributed by atoms with Crippen LogP contribution in [0.15, 0.2) is 53.1 Å². The average Bonchev–Trinajstić information content (AvgIpc) is 3.29. The fourth-order valence-corrected chi connectivity index (χ4v) is 3.18. The van der Waals surface area contributed by atoms with Gasteiger partial charge in [-0.3, -0.25) is 9.59 Å². The lowest BCUT2D eigenvalue weighted by Gasteiger charge is -2.14. The molecule has 1 aliphatic rings. The van der Waals surface area contributed by atoms with Crippen LogP contribution in [-0.2, 0) is 11.2 Å². The van der Waals surface area contributed by atoms with Crippen molar-refractivity contribution in [1.82, 2.24) is 5.16 Å². The third kappa shape index (κ3) is 3.19. The third-order valence-corrected chi connectivity index (χ3v) is 4.50. The zero-order valence-electron chi connectivity index (χ0n) is 14.5. The molecule has 0 unspecified atom stereocenters. The summed E-state index contributed by atoms with van der Waals surface area (Å²) in [6, 6.07) is 12.9. The second-order valence-electron chi connectivity index (χ2n) is 6.27. The summed E-state index contributed by atoms with van der Waals surface area (Å²) in [7, 11) is 0. The number of hydrogen-bond acceptors (Lipinski definition) is 4. The summed E-state index contributed by atoms with van der Waals surface area (Å²) >= 11 is 0. The van der Waals surface area contributed by atoms with Crippen molar-refractivity contribution in [1.29, 1.82) is 0 Å². The molecule has 4 rings (SSSR count). The van der Waals surface area contributed by atoms with E-state index in [0.717, 1.165) is 17.7 Å². The molecule has 3 aromatic rings. The SMILES string of the molecule is CC(=O)N1CCc2cc(NC(=O)c3cc(-c4ccccc4F)no3)ccc21. The van der Waals surface area contributed by atoms with Crippen LogP contribution in [0.25, 0.3) is 11.3 Å². The summed E-state index contributed by atoms with van der Waals surface area (Å²) in [5.74, 6) is -0.940. The van der Waals surface area contributed by atoms with E-state index in [2.05, 4.69) is 10.5 Å². The number of nitrogens with zero attached hydrogens (tertiary/aromatic N) is 2. The monoisotopic (exact) mass is 365 g/mol. The van der Waals surface area contributed by atoms with Crippen LogP contribution in [0.5, 0.6) is 0 Å². The number of carbonyl (C=O) groups is 2. The normalized spacial score (nSPS) is 12.7. The van der Waals surface area contributed by atoms with Gasteiger partial charge in [-0.15, -0.1) is 0 Å². The largest absolute Gasteiger partial charge is 0.350 e. The predicted molar refractivity (Wildman–Crippen MR) is 98.0 cm³/mol. The molecule has 1 aliphatic heterocycles. The summed E-state index contributed by atoms with van der Waals surface area (Å²) in [5.41, 5.74) is 2.97. The molecule has 2 aromatic carbocycles. The molecule has 1 aromatic heterocycles. The maximum absolute atomic E-state index is 13.8. The minimum atomic E-state index is -0.480. The molecule has 0 fully saturated rings. The van der Waals surface area contributed by atoms with Gasteiger partial charge < -0.3 is 14.7 Å². The van der Waals surface area contributed by atoms with Crippen molar-refractivity contribution in [2.75, 3.05) is 16.8 Å². The number of fused-ring (bicyclic) bond motifs is 1. The van der Waals surface area contributed by atoms with Gasteiger partial charge in [0.05, 0.1) is 0 Å². The molecule has 7 heteroatoms. The Hall–Kier alpha value is -3.48. The lowest BCUT2D eigenvalue weighted by Crippen LogP contribution is -2.25. The highest BCUT2D eigenvalue weighted by Gasteiger charge is 2.23. The lowest BCUT2D eigenvalue weighted by molar-refractivity contribution is -0.116. The van der Waals surface area contributed by atoms with E-state index >= 15 is 0 Å². The molecule has 0 saturated heterocycles. The van der Waals surface area contributed by atoms with E-state index in [4.69, 9.17) is 4.52 Å². The summed E-state index contributed by atoms with van der Waals surface area (Å²) < 4.78 is 18.9. The van der Waals surface area contributed by atoms with E-state index in [-0.39, 0.29) is 22.9 Å². The first-order chi connectivity index (χ1) is 13.0. The highest BCUT2D eigenvalue weighted by molar-refractivity contribution is 6.03. The molecule has 6 nitrogen and oxygen atoms in total. The molecule has 0 bridgehead atoms. The smallest absolute Gasteiger partial charge is 0.294 e. The van der Waals surface area contributed by atoms with Gasteiger partial charge in [-0.05, 0) is 42.3 Å². The molecule has 0 atom stereocenters. The summed E-state index contributed by atoms with van der Waals surface area (Å²) in [4.78, 5) is 25.7. The van der Waals surface area contributed by atoms with Crippen LogP contribution in [0.4, 0.5) is 15.8 Å². The van der Waals surface area contributed by atoms with Gasteiger partial charge in [0.15, 0.2) is 0 Å². The Kier molecular flexibility index (Phi) is 4.19. The highest BCUT2D eigenvalue weighted by atomic mass is 19.1. The highest BCUT2D eigenvalue weighted by Crippen LogP contribution is 2.31. The summed E-state index contributed by atoms with van der Waals surface area (Å²) in [6.07, 6.45) is 0.734. The number of halogens is 1. The molecule has 0 radical (unpaired) electrons. The fraction of sp³-hybridized carbons (Fsp3) is 0.150. The van der Waals surface area contributed by atoms with Crippen molar-refractivity contribution < 1.29 is 18.5 Å². The average molecular weight is 365 g/mol. The Bertz CT molecular complexity index is 1040. The Morgan fingerprint density at radius 1 is 1.19 bits per heavy atom. The first-order valence-corrected chi connectivity index (χ1v) is 8.47. The molecule has 0 aliphatic carbocycles. The van der Waals surface area contributed by atoms with E-state index in [1.807, 2.05) is 12.1 Å². The second-order valence-corrected chi connectivity index (χ2v) is 6.27. The summed E-state index contributed by atoms with van der Waals surface area (Å²) in [6.45, 7) is 2.16. The van der Waals surface area contributed by atoms with Gasteiger partial charge in [0, 0.05) is 36.5 Å². The number of amides is 2. The van der Waals surface area contributed by atoms with Crippen LogP contribution in [-0.4, -0.2) is 23.5 Å². The molecule has 2 amide bonds. The Balaban J connectivity index is 1.52. The van der Waals surface area contributed by atoms with Gasteiger partial charge in [0.2, 0.25) is 11.7 Å². The number of benzene rings is 2. The lowest BCUT2D eigenvalue weighted by atomic mass is 10.1. The Morgan fingerprint density at radius 3 is 2.78 bits per heavy atom. The topological polar surface area (TPSA) is 75.4 Å². The first-order valence-electron chi connectivity index (χ1n) is 8.47. The fourth-order valence-electron chi connectivity index (χ4n) is 3.18. The Labute approximate surface area is 154 Å². The molecule has 1 N–H and O–H groups in total. The number of rotatable bonds is 3. The van der Waals surface area contributed by atoms with Crippen molar-refractivity contribution in [3.05, 3.63) is 65.7 Å². The number of aromatic nitrogens is 1. The van der Waals surface area contributed by atoms with E-state index in [1.165, 1.54) is 19.1 Å². The zero-order valence-corrected chi connectivity index (χ0v) is 14.5. The van der Waals surface area contributed by atoms with Crippen molar-refractivity contribution in [2.24, 2.45) is 0 Å². The molecular weight excluding hydrogens is 349 g/mol. The molecular formula is C20H16FN3O3. The first kappa shape index (κ1) is 17.0. The number of anilines is 2. The number of carbonyl (C=O) groups excluding carboxylic acids is 2. The van der Waals surface area contributed by atoms with E-state index in [1.54, 1.807) is 29.2 Å². The standard InChI is InChI=1S/C20H16FN3O3/c1-12(25)24-9-8-13-10-14(6-7-18(13)24)22-20(26)19-11-17(23-27-19)15-4-2-3-5-16(15)21/h2-7,10-11H,8-9H2,1H3,(H,22,26).